The second-order valence-electron chi connectivity index (χ2n) is 4.53. The van der Waals surface area contributed by atoms with E-state index in [0.717, 1.165) is 0 Å². The molecular weight excluding hydrogens is 280 g/mol. The van der Waals surface area contributed by atoms with E-state index in [1.54, 1.807) is 18.2 Å². The minimum Gasteiger partial charge on any atom is -0.419 e. The molecule has 0 amide bonds. The van der Waals surface area contributed by atoms with Crippen molar-refractivity contribution in [1.82, 2.24) is 0 Å². The summed E-state index contributed by atoms with van der Waals surface area (Å²) in [5, 5.41) is 8.10. The first-order valence-corrected chi connectivity index (χ1v) is 6.55. The minimum atomic E-state index is -0.658. The van der Waals surface area contributed by atoms with Gasteiger partial charge in [-0.3, -0.25) is 4.79 Å². The lowest BCUT2D eigenvalue weighted by atomic mass is 10.3. The van der Waals surface area contributed by atoms with Crippen LogP contribution in [-0.4, -0.2) is 5.97 Å². The lowest BCUT2D eigenvalue weighted by Crippen LogP contribution is -2.13. The molecular formula is C17H14N2O3. The maximum atomic E-state index is 11.8. The Morgan fingerprint density at radius 3 is 2.32 bits per heavy atom. The van der Waals surface area contributed by atoms with Gasteiger partial charge in [-0.05, 0) is 31.2 Å². The van der Waals surface area contributed by atoms with Crippen LogP contribution in [0.3, 0.4) is 0 Å². The molecule has 0 N–H and O–H groups in total. The number of ether oxygens (including phenoxy) is 1. The van der Waals surface area contributed by atoms with Crippen molar-refractivity contribution < 1.29 is 9.53 Å². The monoisotopic (exact) mass is 294 g/mol. The normalized spacial score (nSPS) is 10.4. The summed E-state index contributed by atoms with van der Waals surface area (Å²) >= 11 is 0. The van der Waals surface area contributed by atoms with Crippen molar-refractivity contribution in [1.29, 1.82) is 0 Å². The maximum Gasteiger partial charge on any atom is 0.338 e. The van der Waals surface area contributed by atoms with Crippen molar-refractivity contribution >= 4 is 17.3 Å². The largest absolute Gasteiger partial charge is 0.419 e. The number of hydrogen-bond donors (Lipinski definition) is 0. The quantitative estimate of drug-likeness (QED) is 0.487. The van der Waals surface area contributed by atoms with Crippen molar-refractivity contribution in [2.45, 2.75) is 6.92 Å². The van der Waals surface area contributed by atoms with Gasteiger partial charge in [0.05, 0.1) is 11.4 Å². The van der Waals surface area contributed by atoms with E-state index in [0.29, 0.717) is 11.4 Å². The third kappa shape index (κ3) is 4.21. The highest BCUT2D eigenvalue weighted by Crippen LogP contribution is 2.19. The lowest BCUT2D eigenvalue weighted by Gasteiger charge is -2.00. The van der Waals surface area contributed by atoms with Crippen molar-refractivity contribution in [2.75, 3.05) is 0 Å². The summed E-state index contributed by atoms with van der Waals surface area (Å²) in [4.78, 5) is 23.4. The van der Waals surface area contributed by atoms with Crippen LogP contribution in [-0.2, 0) is 4.79 Å². The third-order valence-corrected chi connectivity index (χ3v) is 2.62. The molecule has 0 aromatic heterocycles. The highest BCUT2D eigenvalue weighted by molar-refractivity contribution is 5.88. The molecule has 0 aliphatic heterocycles. The first kappa shape index (κ1) is 15.3. The molecule has 0 heterocycles. The van der Waals surface area contributed by atoms with E-state index in [1.807, 2.05) is 18.2 Å². The molecule has 0 bridgehead atoms. The molecule has 0 radical (unpaired) electrons. The molecule has 2 aromatic rings. The van der Waals surface area contributed by atoms with Gasteiger partial charge in [0.1, 0.15) is 0 Å². The molecule has 5 nitrogen and oxygen atoms in total. The number of nitrogens with zero attached hydrogens (tertiary/aromatic N) is 2. The highest BCUT2D eigenvalue weighted by atomic mass is 16.5. The predicted octanol–water partition coefficient (Wildman–Crippen LogP) is 3.94. The molecule has 0 aliphatic carbocycles. The van der Waals surface area contributed by atoms with Gasteiger partial charge in [-0.15, -0.1) is 0 Å². The van der Waals surface area contributed by atoms with E-state index in [-0.39, 0.29) is 11.3 Å². The van der Waals surface area contributed by atoms with Crippen molar-refractivity contribution in [3.63, 3.8) is 0 Å². The fraction of sp³-hybridized carbons (Fsp3) is 0.0588. The average Bonchev–Trinajstić information content (AvgIpc) is 2.68. The Balaban J connectivity index is 2.32. The molecule has 0 saturated heterocycles. The summed E-state index contributed by atoms with van der Waals surface area (Å²) in [5.41, 5.74) is 0.862. The number of azo groups is 1. The Morgan fingerprint density at radius 2 is 1.64 bits per heavy atom. The molecule has 5 heteroatoms. The van der Waals surface area contributed by atoms with E-state index in [9.17, 15) is 9.59 Å². The van der Waals surface area contributed by atoms with Crippen LogP contribution < -0.4 is 10.2 Å². The first-order valence-electron chi connectivity index (χ1n) is 6.55. The number of esters is 1. The van der Waals surface area contributed by atoms with Crippen molar-refractivity contribution in [3.8, 4) is 5.75 Å². The molecule has 2 aromatic carbocycles. The van der Waals surface area contributed by atoms with Crippen molar-refractivity contribution in [3.05, 3.63) is 77.0 Å². The fourth-order valence-corrected chi connectivity index (χ4v) is 1.51. The van der Waals surface area contributed by atoms with Gasteiger partial charge in [0.15, 0.2) is 5.75 Å². The van der Waals surface area contributed by atoms with E-state index in [2.05, 4.69) is 16.8 Å². The molecule has 110 valence electrons. The Morgan fingerprint density at radius 1 is 1.00 bits per heavy atom. The van der Waals surface area contributed by atoms with Crippen LogP contribution >= 0.6 is 0 Å². The van der Waals surface area contributed by atoms with Gasteiger partial charge in [-0.2, -0.15) is 10.2 Å². The van der Waals surface area contributed by atoms with Crippen LogP contribution in [0, 0.1) is 0 Å². The van der Waals surface area contributed by atoms with Gasteiger partial charge in [0, 0.05) is 11.6 Å². The molecule has 0 saturated carbocycles. The zero-order valence-electron chi connectivity index (χ0n) is 12.0. The summed E-state index contributed by atoms with van der Waals surface area (Å²) in [5.74, 6) is -0.769. The molecule has 2 rings (SSSR count). The van der Waals surface area contributed by atoms with Crippen LogP contribution in [0.1, 0.15) is 6.92 Å². The predicted molar refractivity (Wildman–Crippen MR) is 83.8 cm³/mol. The van der Waals surface area contributed by atoms with Crippen LogP contribution in [0.2, 0.25) is 0 Å². The van der Waals surface area contributed by atoms with Crippen LogP contribution in [0.4, 0.5) is 11.4 Å². The van der Waals surface area contributed by atoms with Crippen LogP contribution in [0.15, 0.2) is 81.8 Å². The highest BCUT2D eigenvalue weighted by Gasteiger charge is 2.08. The molecule has 0 fully saturated rings. The number of hydrogen-bond acceptors (Lipinski definition) is 5. The van der Waals surface area contributed by atoms with Crippen molar-refractivity contribution in [2.24, 2.45) is 10.2 Å². The summed E-state index contributed by atoms with van der Waals surface area (Å²) < 4.78 is 5.01. The smallest absolute Gasteiger partial charge is 0.338 e. The Kier molecular flexibility index (Phi) is 4.93. The number of benzene rings is 1. The molecule has 0 atom stereocenters. The topological polar surface area (TPSA) is 68.1 Å². The number of carbonyl (C=O) groups is 1. The third-order valence-electron chi connectivity index (χ3n) is 2.62. The zero-order valence-corrected chi connectivity index (χ0v) is 12.0. The van der Waals surface area contributed by atoms with Gasteiger partial charge in [-0.25, -0.2) is 4.79 Å². The maximum absolute atomic E-state index is 11.8. The molecule has 0 aliphatic rings. The Bertz CT molecular complexity index is 783. The summed E-state index contributed by atoms with van der Waals surface area (Å²) in [6.45, 7) is 4.98. The van der Waals surface area contributed by atoms with Crippen LogP contribution in [0.5, 0.6) is 5.75 Å². The number of carbonyl (C=O) groups excluding carboxylic acids is 1. The van der Waals surface area contributed by atoms with E-state index in [1.165, 1.54) is 25.1 Å². The van der Waals surface area contributed by atoms with E-state index >= 15 is 0 Å². The minimum absolute atomic E-state index is 0.111. The second kappa shape index (κ2) is 7.08. The average molecular weight is 294 g/mol. The van der Waals surface area contributed by atoms with Crippen LogP contribution in [0.25, 0.3) is 0 Å². The number of rotatable bonds is 4. The lowest BCUT2D eigenvalue weighted by molar-refractivity contribution is -0.130. The SMILES string of the molecule is C=C(C)C(=O)Oc1cc(N=Nc2ccccc2)cccc1=O. The molecule has 0 unspecified atom stereocenters. The standard InChI is InChI=1S/C17H14N2O3/c1-12(2)17(21)22-16-11-14(9-6-10-15(16)20)19-18-13-7-4-3-5-8-13/h3-11H,1H2,2H3. The first-order chi connectivity index (χ1) is 10.6. The van der Waals surface area contributed by atoms with Gasteiger partial charge in [0.2, 0.25) is 5.43 Å². The fourth-order valence-electron chi connectivity index (χ4n) is 1.51. The zero-order chi connectivity index (χ0) is 15.9. The van der Waals surface area contributed by atoms with E-state index < -0.39 is 11.4 Å². The van der Waals surface area contributed by atoms with E-state index in [4.69, 9.17) is 4.74 Å². The summed E-state index contributed by atoms with van der Waals surface area (Å²) in [7, 11) is 0. The Hall–Kier alpha value is -3.08. The Labute approximate surface area is 127 Å². The van der Waals surface area contributed by atoms with Gasteiger partial charge in [-0.1, -0.05) is 30.8 Å². The second-order valence-corrected chi connectivity index (χ2v) is 4.53. The summed E-state index contributed by atoms with van der Waals surface area (Å²) in [6, 6.07) is 15.0. The molecule has 22 heavy (non-hydrogen) atoms. The molecule has 0 spiro atoms. The van der Waals surface area contributed by atoms with Gasteiger partial charge < -0.3 is 4.74 Å². The van der Waals surface area contributed by atoms with Gasteiger partial charge >= 0.3 is 5.97 Å². The van der Waals surface area contributed by atoms with Gasteiger partial charge in [0.25, 0.3) is 0 Å². The summed E-state index contributed by atoms with van der Waals surface area (Å²) in [6.07, 6.45) is 0.